The smallest absolute Gasteiger partial charge is 0.255 e. The van der Waals surface area contributed by atoms with Crippen molar-refractivity contribution >= 4 is 46.5 Å². The third-order valence-electron chi connectivity index (χ3n) is 6.38. The molecule has 0 bridgehead atoms. The fourth-order valence-electron chi connectivity index (χ4n) is 4.39. The van der Waals surface area contributed by atoms with Gasteiger partial charge in [-0.15, -0.1) is 0 Å². The Morgan fingerprint density at radius 3 is 2.45 bits per heavy atom. The van der Waals surface area contributed by atoms with Crippen molar-refractivity contribution in [2.75, 3.05) is 41.3 Å². The van der Waals surface area contributed by atoms with Gasteiger partial charge in [-0.1, -0.05) is 53.7 Å². The largest absolute Gasteiger partial charge is 0.368 e. The lowest BCUT2D eigenvalue weighted by molar-refractivity contribution is 0.102. The number of hydrogen-bond donors (Lipinski definition) is 1. The van der Waals surface area contributed by atoms with E-state index in [9.17, 15) is 9.18 Å². The molecule has 2 heterocycles. The van der Waals surface area contributed by atoms with Gasteiger partial charge in [0.1, 0.15) is 16.8 Å². The van der Waals surface area contributed by atoms with Crippen molar-refractivity contribution in [2.45, 2.75) is 17.8 Å². The Labute approximate surface area is 230 Å². The Hall–Kier alpha value is -3.62. The average molecular weight is 548 g/mol. The number of carbonyl (C=O) groups is 1. The molecule has 4 aromatic rings. The summed E-state index contributed by atoms with van der Waals surface area (Å²) in [7, 11) is 0. The van der Waals surface area contributed by atoms with Gasteiger partial charge in [-0.2, -0.15) is 0 Å². The highest BCUT2D eigenvalue weighted by Crippen LogP contribution is 2.27. The van der Waals surface area contributed by atoms with Gasteiger partial charge < -0.3 is 15.1 Å². The molecule has 38 heavy (non-hydrogen) atoms. The van der Waals surface area contributed by atoms with Crippen LogP contribution in [0.1, 0.15) is 21.5 Å². The molecule has 1 aliphatic rings. The van der Waals surface area contributed by atoms with Crippen LogP contribution in [0, 0.1) is 12.7 Å². The minimum Gasteiger partial charge on any atom is -0.368 e. The van der Waals surface area contributed by atoms with E-state index in [1.54, 1.807) is 6.07 Å². The number of benzene rings is 3. The van der Waals surface area contributed by atoms with Gasteiger partial charge in [-0.05, 0) is 60.5 Å². The quantitative estimate of drug-likeness (QED) is 0.163. The number of aromatic nitrogens is 2. The SMILES string of the molecule is Cc1ccccc1N1CCN(c2cc(Cl)nc(SCc3cccc(C(=O)Nc4ccc(F)cc4)c3)n2)CC1. The number of carbonyl (C=O) groups excluding carboxylic acids is 1. The standard InChI is InChI=1S/C29H27ClFN5OS/c1-20-5-2-3-8-25(20)35-13-15-36(16-14-35)27-18-26(30)33-29(34-27)38-19-21-6-4-7-22(17-21)28(37)32-24-11-9-23(31)10-12-24/h2-12,17-18H,13-16,19H2,1H3,(H,32,37). The Bertz CT molecular complexity index is 1430. The van der Waals surface area contributed by atoms with E-state index in [-0.39, 0.29) is 11.7 Å². The molecule has 1 saturated heterocycles. The molecule has 9 heteroatoms. The molecule has 1 aliphatic heterocycles. The van der Waals surface area contributed by atoms with Crippen LogP contribution in [-0.4, -0.2) is 42.1 Å². The maximum atomic E-state index is 13.1. The molecule has 194 valence electrons. The van der Waals surface area contributed by atoms with Crippen molar-refractivity contribution in [3.05, 3.63) is 107 Å². The zero-order valence-electron chi connectivity index (χ0n) is 20.9. The van der Waals surface area contributed by atoms with E-state index in [4.69, 9.17) is 16.6 Å². The molecule has 0 radical (unpaired) electrons. The average Bonchev–Trinajstić information content (AvgIpc) is 2.93. The molecular formula is C29H27ClFN5OS. The van der Waals surface area contributed by atoms with Gasteiger partial charge in [0.15, 0.2) is 5.16 Å². The number of nitrogens with zero attached hydrogens (tertiary/aromatic N) is 4. The second kappa shape index (κ2) is 11.8. The molecule has 6 nitrogen and oxygen atoms in total. The normalized spacial score (nSPS) is 13.4. The summed E-state index contributed by atoms with van der Waals surface area (Å²) in [6.45, 7) is 5.64. The third kappa shape index (κ3) is 6.44. The zero-order chi connectivity index (χ0) is 26.5. The fraction of sp³-hybridized carbons (Fsp3) is 0.207. The second-order valence-electron chi connectivity index (χ2n) is 9.04. The number of halogens is 2. The minimum atomic E-state index is -0.349. The van der Waals surface area contributed by atoms with Crippen LogP contribution in [0.15, 0.2) is 84.0 Å². The van der Waals surface area contributed by atoms with Crippen molar-refractivity contribution < 1.29 is 9.18 Å². The van der Waals surface area contributed by atoms with Gasteiger partial charge in [-0.25, -0.2) is 14.4 Å². The van der Waals surface area contributed by atoms with Crippen LogP contribution < -0.4 is 15.1 Å². The number of anilines is 3. The van der Waals surface area contributed by atoms with E-state index >= 15 is 0 Å². The van der Waals surface area contributed by atoms with Gasteiger partial charge in [0.25, 0.3) is 5.91 Å². The molecule has 1 amide bonds. The van der Waals surface area contributed by atoms with E-state index in [1.807, 2.05) is 24.3 Å². The number of nitrogens with one attached hydrogen (secondary N) is 1. The monoisotopic (exact) mass is 547 g/mol. The topological polar surface area (TPSA) is 61.4 Å². The first-order valence-corrected chi connectivity index (χ1v) is 13.7. The van der Waals surface area contributed by atoms with Crippen molar-refractivity contribution in [1.82, 2.24) is 9.97 Å². The van der Waals surface area contributed by atoms with Gasteiger partial charge >= 0.3 is 0 Å². The lowest BCUT2D eigenvalue weighted by Gasteiger charge is -2.37. The zero-order valence-corrected chi connectivity index (χ0v) is 22.5. The summed E-state index contributed by atoms with van der Waals surface area (Å²) in [5.41, 5.74) is 4.57. The highest BCUT2D eigenvalue weighted by atomic mass is 35.5. The molecule has 0 spiro atoms. The molecule has 3 aromatic carbocycles. The van der Waals surface area contributed by atoms with Crippen LogP contribution in [0.5, 0.6) is 0 Å². The maximum absolute atomic E-state index is 13.1. The summed E-state index contributed by atoms with van der Waals surface area (Å²) < 4.78 is 13.1. The molecule has 1 fully saturated rings. The van der Waals surface area contributed by atoms with Gasteiger partial charge in [-0.3, -0.25) is 4.79 Å². The molecule has 5 rings (SSSR count). The lowest BCUT2D eigenvalue weighted by atomic mass is 10.1. The Morgan fingerprint density at radius 1 is 0.947 bits per heavy atom. The van der Waals surface area contributed by atoms with E-state index in [1.165, 1.54) is 47.3 Å². The summed E-state index contributed by atoms with van der Waals surface area (Å²) in [5.74, 6) is 0.801. The van der Waals surface area contributed by atoms with Crippen LogP contribution >= 0.6 is 23.4 Å². The van der Waals surface area contributed by atoms with Gasteiger partial charge in [0.05, 0.1) is 0 Å². The highest BCUT2D eigenvalue weighted by Gasteiger charge is 2.20. The molecule has 0 aliphatic carbocycles. The molecular weight excluding hydrogens is 521 g/mol. The molecule has 0 saturated carbocycles. The number of hydrogen-bond acceptors (Lipinski definition) is 6. The first kappa shape index (κ1) is 26.0. The van der Waals surface area contributed by atoms with Crippen molar-refractivity contribution in [3.8, 4) is 0 Å². The first-order valence-electron chi connectivity index (χ1n) is 12.3. The van der Waals surface area contributed by atoms with E-state index < -0.39 is 0 Å². The number of amides is 1. The van der Waals surface area contributed by atoms with Crippen LogP contribution in [0.3, 0.4) is 0 Å². The molecule has 0 unspecified atom stereocenters. The van der Waals surface area contributed by atoms with Crippen LogP contribution in [0.4, 0.5) is 21.6 Å². The van der Waals surface area contributed by atoms with E-state index in [0.29, 0.717) is 27.3 Å². The van der Waals surface area contributed by atoms with Gasteiger partial charge in [0.2, 0.25) is 0 Å². The maximum Gasteiger partial charge on any atom is 0.255 e. The summed E-state index contributed by atoms with van der Waals surface area (Å²) >= 11 is 7.85. The Kier molecular flexibility index (Phi) is 8.10. The minimum absolute atomic E-state index is 0.255. The van der Waals surface area contributed by atoms with Crippen LogP contribution in [0.25, 0.3) is 0 Å². The summed E-state index contributed by atoms with van der Waals surface area (Å²) in [6.07, 6.45) is 0. The number of piperazine rings is 1. The second-order valence-corrected chi connectivity index (χ2v) is 10.4. The Balaban J connectivity index is 1.21. The van der Waals surface area contributed by atoms with E-state index in [0.717, 1.165) is 37.6 Å². The van der Waals surface area contributed by atoms with Crippen LogP contribution in [-0.2, 0) is 5.75 Å². The molecule has 1 N–H and O–H groups in total. The Morgan fingerprint density at radius 2 is 1.68 bits per heavy atom. The lowest BCUT2D eigenvalue weighted by Crippen LogP contribution is -2.47. The number of rotatable bonds is 7. The third-order valence-corrected chi connectivity index (χ3v) is 7.49. The number of aryl methyl sites for hydroxylation is 1. The van der Waals surface area contributed by atoms with Gasteiger partial charge in [0, 0.05) is 54.9 Å². The predicted molar refractivity (Wildman–Crippen MR) is 153 cm³/mol. The van der Waals surface area contributed by atoms with Crippen LogP contribution in [0.2, 0.25) is 5.15 Å². The fourth-order valence-corrected chi connectivity index (χ4v) is 5.42. The summed E-state index contributed by atoms with van der Waals surface area (Å²) in [5, 5.41) is 3.79. The first-order chi connectivity index (χ1) is 18.4. The summed E-state index contributed by atoms with van der Waals surface area (Å²) in [6, 6.07) is 23.3. The van der Waals surface area contributed by atoms with Crippen molar-refractivity contribution in [2.24, 2.45) is 0 Å². The number of thioether (sulfide) groups is 1. The van der Waals surface area contributed by atoms with Crippen molar-refractivity contribution in [1.29, 1.82) is 0 Å². The molecule has 0 atom stereocenters. The summed E-state index contributed by atoms with van der Waals surface area (Å²) in [4.78, 5) is 26.5. The number of para-hydroxylation sites is 1. The molecule has 1 aromatic heterocycles. The highest BCUT2D eigenvalue weighted by molar-refractivity contribution is 7.98. The predicted octanol–water partition coefficient (Wildman–Crippen LogP) is 6.45. The van der Waals surface area contributed by atoms with Crippen molar-refractivity contribution in [3.63, 3.8) is 0 Å². The van der Waals surface area contributed by atoms with E-state index in [2.05, 4.69) is 51.3 Å².